The first kappa shape index (κ1) is 19.4. The Balaban J connectivity index is 1.67. The number of amidine groups is 1. The van der Waals surface area contributed by atoms with Crippen molar-refractivity contribution in [2.45, 2.75) is 51.4 Å². The molecule has 0 spiro atoms. The predicted molar refractivity (Wildman–Crippen MR) is 115 cm³/mol. The van der Waals surface area contributed by atoms with E-state index in [4.69, 9.17) is 0 Å². The van der Waals surface area contributed by atoms with Crippen LogP contribution in [0.4, 0.5) is 5.69 Å². The van der Waals surface area contributed by atoms with Gasteiger partial charge in [0.25, 0.3) is 0 Å². The van der Waals surface area contributed by atoms with E-state index in [1.807, 2.05) is 12.3 Å². The molecular formula is C23H32N4. The van der Waals surface area contributed by atoms with Crippen LogP contribution in [0.25, 0.3) is 0 Å². The van der Waals surface area contributed by atoms with E-state index in [9.17, 15) is 0 Å². The van der Waals surface area contributed by atoms with Gasteiger partial charge in [0.15, 0.2) is 0 Å². The number of aliphatic imine (C=N–C) groups is 1. The molecule has 144 valence electrons. The van der Waals surface area contributed by atoms with E-state index in [0.29, 0.717) is 0 Å². The Hall–Kier alpha value is -2.36. The molecule has 0 fully saturated rings. The minimum Gasteiger partial charge on any atom is -0.385 e. The van der Waals surface area contributed by atoms with E-state index < -0.39 is 0 Å². The number of unbranched alkanes of at least 4 members (excludes halogenated alkanes) is 4. The molecule has 1 aromatic carbocycles. The van der Waals surface area contributed by atoms with Gasteiger partial charge in [-0.05, 0) is 36.2 Å². The van der Waals surface area contributed by atoms with Crippen molar-refractivity contribution in [3.63, 3.8) is 0 Å². The van der Waals surface area contributed by atoms with Gasteiger partial charge in [0, 0.05) is 43.0 Å². The number of rotatable bonds is 11. The highest BCUT2D eigenvalue weighted by molar-refractivity contribution is 5.84. The molecule has 2 N–H and O–H groups in total. The van der Waals surface area contributed by atoms with Crippen molar-refractivity contribution in [1.29, 1.82) is 0 Å². The molecule has 27 heavy (non-hydrogen) atoms. The molecule has 4 heteroatoms. The van der Waals surface area contributed by atoms with Crippen molar-refractivity contribution >= 4 is 11.5 Å². The SMILES string of the molecule is CCCCCCCNc1cccc(C(CC2=NCCN2)c2ccccn2)c1. The van der Waals surface area contributed by atoms with Crippen LogP contribution in [-0.4, -0.2) is 30.5 Å². The van der Waals surface area contributed by atoms with Crippen LogP contribution in [0.5, 0.6) is 0 Å². The Morgan fingerprint density at radius 3 is 2.78 bits per heavy atom. The van der Waals surface area contributed by atoms with Crippen LogP contribution in [-0.2, 0) is 0 Å². The van der Waals surface area contributed by atoms with Crippen LogP contribution < -0.4 is 10.6 Å². The zero-order valence-electron chi connectivity index (χ0n) is 16.5. The van der Waals surface area contributed by atoms with Crippen molar-refractivity contribution in [3.05, 3.63) is 59.9 Å². The van der Waals surface area contributed by atoms with Gasteiger partial charge in [0.1, 0.15) is 0 Å². The summed E-state index contributed by atoms with van der Waals surface area (Å²) < 4.78 is 0. The first-order valence-electron chi connectivity index (χ1n) is 10.4. The van der Waals surface area contributed by atoms with Crippen LogP contribution in [0.15, 0.2) is 53.7 Å². The zero-order valence-corrected chi connectivity index (χ0v) is 16.5. The van der Waals surface area contributed by atoms with Gasteiger partial charge in [-0.2, -0.15) is 0 Å². The predicted octanol–water partition coefficient (Wildman–Crippen LogP) is 4.99. The smallest absolute Gasteiger partial charge is 0.0974 e. The Labute approximate surface area is 163 Å². The minimum atomic E-state index is 0.224. The van der Waals surface area contributed by atoms with Gasteiger partial charge >= 0.3 is 0 Å². The molecule has 1 aliphatic heterocycles. The van der Waals surface area contributed by atoms with Crippen molar-refractivity contribution in [2.75, 3.05) is 25.0 Å². The molecule has 2 heterocycles. The minimum absolute atomic E-state index is 0.224. The van der Waals surface area contributed by atoms with Gasteiger partial charge in [-0.1, -0.05) is 50.8 Å². The lowest BCUT2D eigenvalue weighted by Crippen LogP contribution is -2.21. The second-order valence-electron chi connectivity index (χ2n) is 7.23. The number of nitrogens with zero attached hydrogens (tertiary/aromatic N) is 2. The quantitative estimate of drug-likeness (QED) is 0.552. The molecule has 0 radical (unpaired) electrons. The molecule has 4 nitrogen and oxygen atoms in total. The molecule has 1 aromatic heterocycles. The fourth-order valence-electron chi connectivity index (χ4n) is 3.58. The maximum Gasteiger partial charge on any atom is 0.0974 e. The monoisotopic (exact) mass is 364 g/mol. The van der Waals surface area contributed by atoms with Crippen LogP contribution in [0, 0.1) is 0 Å². The highest BCUT2D eigenvalue weighted by atomic mass is 15.1. The third-order valence-electron chi connectivity index (χ3n) is 5.08. The summed E-state index contributed by atoms with van der Waals surface area (Å²) in [5, 5.41) is 7.00. The summed E-state index contributed by atoms with van der Waals surface area (Å²) in [6.07, 6.45) is 9.28. The third-order valence-corrected chi connectivity index (χ3v) is 5.08. The lowest BCUT2D eigenvalue weighted by Gasteiger charge is -2.18. The molecule has 1 atom stereocenters. The van der Waals surface area contributed by atoms with E-state index >= 15 is 0 Å². The Kier molecular flexibility index (Phi) is 7.69. The highest BCUT2D eigenvalue weighted by Gasteiger charge is 2.20. The summed E-state index contributed by atoms with van der Waals surface area (Å²) in [5.41, 5.74) is 3.59. The second-order valence-corrected chi connectivity index (χ2v) is 7.23. The maximum atomic E-state index is 4.63. The molecule has 0 bridgehead atoms. The van der Waals surface area contributed by atoms with Crippen molar-refractivity contribution in [2.24, 2.45) is 4.99 Å². The summed E-state index contributed by atoms with van der Waals surface area (Å²) in [6.45, 7) is 5.12. The highest BCUT2D eigenvalue weighted by Crippen LogP contribution is 2.29. The van der Waals surface area contributed by atoms with E-state index in [2.05, 4.69) is 63.9 Å². The number of pyridine rings is 1. The summed E-state index contributed by atoms with van der Waals surface area (Å²) in [4.78, 5) is 9.22. The molecule has 3 rings (SSSR count). The van der Waals surface area contributed by atoms with Crippen molar-refractivity contribution in [3.8, 4) is 0 Å². The number of benzene rings is 1. The standard InChI is InChI=1S/C23H32N4/c1-2-3-4-5-7-13-24-20-11-9-10-19(17-20)21(18-23-26-15-16-27-23)22-12-6-8-14-25-22/h6,8-12,14,17,21,24H,2-5,7,13,15-16,18H2,1H3,(H,26,27). The summed E-state index contributed by atoms with van der Waals surface area (Å²) >= 11 is 0. The number of hydrogen-bond donors (Lipinski definition) is 2. The molecule has 1 aliphatic rings. The van der Waals surface area contributed by atoms with Gasteiger partial charge in [0.05, 0.1) is 12.4 Å². The molecule has 1 unspecified atom stereocenters. The van der Waals surface area contributed by atoms with E-state index in [0.717, 1.165) is 37.6 Å². The van der Waals surface area contributed by atoms with Gasteiger partial charge in [-0.3, -0.25) is 9.98 Å². The fraction of sp³-hybridized carbons (Fsp3) is 0.478. The molecule has 0 saturated heterocycles. The average molecular weight is 365 g/mol. The maximum absolute atomic E-state index is 4.63. The van der Waals surface area contributed by atoms with Gasteiger partial charge in [-0.25, -0.2) is 0 Å². The number of anilines is 1. The number of nitrogens with one attached hydrogen (secondary N) is 2. The van der Waals surface area contributed by atoms with Crippen LogP contribution in [0.1, 0.15) is 62.6 Å². The molecule has 0 aliphatic carbocycles. The first-order chi connectivity index (χ1) is 13.4. The topological polar surface area (TPSA) is 49.3 Å². The van der Waals surface area contributed by atoms with E-state index in [1.165, 1.54) is 43.4 Å². The second kappa shape index (κ2) is 10.7. The third kappa shape index (κ3) is 6.09. The van der Waals surface area contributed by atoms with Gasteiger partial charge in [-0.15, -0.1) is 0 Å². The number of aromatic nitrogens is 1. The molecular weight excluding hydrogens is 332 g/mol. The van der Waals surface area contributed by atoms with E-state index in [1.54, 1.807) is 0 Å². The van der Waals surface area contributed by atoms with Gasteiger partial charge in [0.2, 0.25) is 0 Å². The lowest BCUT2D eigenvalue weighted by atomic mass is 9.91. The van der Waals surface area contributed by atoms with Crippen LogP contribution in [0.2, 0.25) is 0 Å². The van der Waals surface area contributed by atoms with Gasteiger partial charge < -0.3 is 10.6 Å². The number of hydrogen-bond acceptors (Lipinski definition) is 4. The van der Waals surface area contributed by atoms with Crippen LogP contribution in [0.3, 0.4) is 0 Å². The van der Waals surface area contributed by atoms with Crippen LogP contribution >= 0.6 is 0 Å². The fourth-order valence-corrected chi connectivity index (χ4v) is 3.58. The molecule has 0 saturated carbocycles. The zero-order chi connectivity index (χ0) is 18.7. The summed E-state index contributed by atoms with van der Waals surface area (Å²) in [5.74, 6) is 1.32. The van der Waals surface area contributed by atoms with Crippen molar-refractivity contribution in [1.82, 2.24) is 10.3 Å². The van der Waals surface area contributed by atoms with Crippen molar-refractivity contribution < 1.29 is 0 Å². The lowest BCUT2D eigenvalue weighted by molar-refractivity contribution is 0.645. The summed E-state index contributed by atoms with van der Waals surface area (Å²) in [7, 11) is 0. The Morgan fingerprint density at radius 1 is 1.07 bits per heavy atom. The largest absolute Gasteiger partial charge is 0.385 e. The first-order valence-corrected chi connectivity index (χ1v) is 10.4. The Bertz CT molecular complexity index is 711. The molecule has 2 aromatic rings. The normalized spacial score (nSPS) is 14.5. The Morgan fingerprint density at radius 2 is 2.00 bits per heavy atom. The summed E-state index contributed by atoms with van der Waals surface area (Å²) in [6, 6.07) is 15.0. The average Bonchev–Trinajstić information content (AvgIpc) is 3.23. The molecule has 0 amide bonds. The van der Waals surface area contributed by atoms with E-state index in [-0.39, 0.29) is 5.92 Å².